The van der Waals surface area contributed by atoms with Crippen molar-refractivity contribution in [3.05, 3.63) is 102 Å². The van der Waals surface area contributed by atoms with Gasteiger partial charge in [0.25, 0.3) is 0 Å². The molecular weight excluding hydrogens is 360 g/mol. The highest BCUT2D eigenvalue weighted by atomic mass is 16.5. The van der Waals surface area contributed by atoms with Crippen molar-refractivity contribution in [1.82, 2.24) is 9.97 Å². The highest BCUT2D eigenvalue weighted by molar-refractivity contribution is 5.56. The van der Waals surface area contributed by atoms with Crippen LogP contribution in [0.1, 0.15) is 11.1 Å². The van der Waals surface area contributed by atoms with Gasteiger partial charge in [0.2, 0.25) is 5.95 Å². The lowest BCUT2D eigenvalue weighted by Crippen LogP contribution is -2.05. The molecule has 4 rings (SSSR count). The third-order valence-corrected chi connectivity index (χ3v) is 4.47. The zero-order chi connectivity index (χ0) is 19.9. The Morgan fingerprint density at radius 3 is 2.31 bits per heavy atom. The molecule has 3 aromatic carbocycles. The molecule has 0 fully saturated rings. The summed E-state index contributed by atoms with van der Waals surface area (Å²) in [6.07, 6.45) is 1.74. The van der Waals surface area contributed by atoms with Gasteiger partial charge in [0.15, 0.2) is 0 Å². The fraction of sp³-hybridized carbons (Fsp3) is 0.0833. The molecule has 0 atom stereocenters. The van der Waals surface area contributed by atoms with Crippen LogP contribution in [0, 0.1) is 6.92 Å². The van der Waals surface area contributed by atoms with E-state index in [9.17, 15) is 0 Å². The van der Waals surface area contributed by atoms with Crippen molar-refractivity contribution in [1.29, 1.82) is 0 Å². The predicted molar refractivity (Wildman–Crippen MR) is 117 cm³/mol. The molecule has 4 aromatic rings. The Morgan fingerprint density at radius 2 is 1.52 bits per heavy atom. The molecule has 0 spiro atoms. The monoisotopic (exact) mass is 382 g/mol. The number of nitrogens with one attached hydrogen (secondary N) is 2. The zero-order valence-electron chi connectivity index (χ0n) is 16.2. The molecule has 0 radical (unpaired) electrons. The first-order valence-corrected chi connectivity index (χ1v) is 9.48. The summed E-state index contributed by atoms with van der Waals surface area (Å²) in [6, 6.07) is 27.6. The van der Waals surface area contributed by atoms with Gasteiger partial charge in [-0.25, -0.2) is 4.98 Å². The third-order valence-electron chi connectivity index (χ3n) is 4.47. The number of aromatic nitrogens is 2. The quantitative estimate of drug-likeness (QED) is 0.415. The summed E-state index contributed by atoms with van der Waals surface area (Å²) < 4.78 is 5.82. The molecule has 0 amide bonds. The van der Waals surface area contributed by atoms with E-state index >= 15 is 0 Å². The van der Waals surface area contributed by atoms with Crippen molar-refractivity contribution in [2.24, 2.45) is 0 Å². The average molecular weight is 382 g/mol. The fourth-order valence-corrected chi connectivity index (χ4v) is 2.87. The smallest absolute Gasteiger partial charge is 0.229 e. The maximum atomic E-state index is 5.82. The topological polar surface area (TPSA) is 59.1 Å². The summed E-state index contributed by atoms with van der Waals surface area (Å²) >= 11 is 0. The Hall–Kier alpha value is -3.86. The largest absolute Gasteiger partial charge is 0.457 e. The second kappa shape index (κ2) is 8.89. The Labute approximate surface area is 170 Å². The first-order valence-electron chi connectivity index (χ1n) is 9.48. The molecule has 1 heterocycles. The molecule has 29 heavy (non-hydrogen) atoms. The number of rotatable bonds is 7. The molecule has 0 aliphatic carbocycles. The van der Waals surface area contributed by atoms with Gasteiger partial charge >= 0.3 is 0 Å². The SMILES string of the molecule is Cc1ccccc1CNc1ccnc(Nc2ccc(Oc3ccccc3)cc2)n1. The first-order chi connectivity index (χ1) is 14.3. The lowest BCUT2D eigenvalue weighted by atomic mass is 10.1. The van der Waals surface area contributed by atoms with Crippen LogP contribution in [-0.2, 0) is 6.54 Å². The molecule has 0 aliphatic heterocycles. The highest BCUT2D eigenvalue weighted by Crippen LogP contribution is 2.23. The Kier molecular flexibility index (Phi) is 5.67. The maximum Gasteiger partial charge on any atom is 0.229 e. The highest BCUT2D eigenvalue weighted by Gasteiger charge is 2.03. The maximum absolute atomic E-state index is 5.82. The van der Waals surface area contributed by atoms with Crippen molar-refractivity contribution in [3.8, 4) is 11.5 Å². The Morgan fingerprint density at radius 1 is 0.793 bits per heavy atom. The Balaban J connectivity index is 1.38. The van der Waals surface area contributed by atoms with Crippen LogP contribution in [0.25, 0.3) is 0 Å². The summed E-state index contributed by atoms with van der Waals surface area (Å²) in [4.78, 5) is 8.84. The van der Waals surface area contributed by atoms with Gasteiger partial charge < -0.3 is 15.4 Å². The molecular formula is C24H22N4O. The third kappa shape index (κ3) is 5.11. The minimum absolute atomic E-state index is 0.538. The number of ether oxygens (including phenoxy) is 1. The summed E-state index contributed by atoms with van der Waals surface area (Å²) in [5.74, 6) is 2.89. The summed E-state index contributed by atoms with van der Waals surface area (Å²) in [7, 11) is 0. The molecule has 5 heteroatoms. The first kappa shape index (κ1) is 18.5. The number of aryl methyl sites for hydroxylation is 1. The van der Waals surface area contributed by atoms with Gasteiger partial charge in [-0.3, -0.25) is 0 Å². The molecule has 0 saturated heterocycles. The summed E-state index contributed by atoms with van der Waals surface area (Å²) in [6.45, 7) is 2.82. The van der Waals surface area contributed by atoms with Crippen LogP contribution < -0.4 is 15.4 Å². The van der Waals surface area contributed by atoms with Crippen LogP contribution in [0.2, 0.25) is 0 Å². The summed E-state index contributed by atoms with van der Waals surface area (Å²) in [5.41, 5.74) is 3.39. The van der Waals surface area contributed by atoms with Crippen molar-refractivity contribution in [3.63, 3.8) is 0 Å². The second-order valence-electron chi connectivity index (χ2n) is 6.61. The number of hydrogen-bond donors (Lipinski definition) is 2. The second-order valence-corrected chi connectivity index (χ2v) is 6.61. The van der Waals surface area contributed by atoms with Crippen LogP contribution in [0.4, 0.5) is 17.5 Å². The van der Waals surface area contributed by atoms with Gasteiger partial charge in [0.05, 0.1) is 0 Å². The van der Waals surface area contributed by atoms with Crippen molar-refractivity contribution in [2.45, 2.75) is 13.5 Å². The molecule has 0 bridgehead atoms. The van der Waals surface area contributed by atoms with E-state index in [0.29, 0.717) is 12.5 Å². The number of nitrogens with zero attached hydrogens (tertiary/aromatic N) is 2. The lowest BCUT2D eigenvalue weighted by Gasteiger charge is -2.10. The van der Waals surface area contributed by atoms with Gasteiger partial charge in [-0.1, -0.05) is 42.5 Å². The van der Waals surface area contributed by atoms with Gasteiger partial charge in [0, 0.05) is 18.4 Å². The van der Waals surface area contributed by atoms with Crippen LogP contribution in [0.5, 0.6) is 11.5 Å². The van der Waals surface area contributed by atoms with Gasteiger partial charge in [-0.05, 0) is 60.5 Å². The normalized spacial score (nSPS) is 10.4. The zero-order valence-corrected chi connectivity index (χ0v) is 16.2. The molecule has 0 unspecified atom stereocenters. The average Bonchev–Trinajstić information content (AvgIpc) is 2.76. The molecule has 2 N–H and O–H groups in total. The van der Waals surface area contributed by atoms with Crippen molar-refractivity contribution in [2.75, 3.05) is 10.6 Å². The molecule has 0 aliphatic rings. The van der Waals surface area contributed by atoms with E-state index < -0.39 is 0 Å². The number of anilines is 3. The van der Waals surface area contributed by atoms with Gasteiger partial charge in [0.1, 0.15) is 17.3 Å². The van der Waals surface area contributed by atoms with E-state index in [2.05, 4.69) is 39.7 Å². The van der Waals surface area contributed by atoms with E-state index in [4.69, 9.17) is 4.74 Å². The number of hydrogen-bond acceptors (Lipinski definition) is 5. The molecule has 1 aromatic heterocycles. The van der Waals surface area contributed by atoms with Crippen molar-refractivity contribution >= 4 is 17.5 Å². The van der Waals surface area contributed by atoms with E-state index in [1.165, 1.54) is 11.1 Å². The van der Waals surface area contributed by atoms with Crippen LogP contribution in [0.3, 0.4) is 0 Å². The summed E-state index contributed by atoms with van der Waals surface area (Å²) in [5, 5.41) is 6.58. The van der Waals surface area contributed by atoms with Crippen LogP contribution >= 0.6 is 0 Å². The van der Waals surface area contributed by atoms with E-state index in [0.717, 1.165) is 23.0 Å². The minimum Gasteiger partial charge on any atom is -0.457 e. The standard InChI is InChI=1S/C24H22N4O/c1-18-7-5-6-8-19(18)17-26-23-15-16-25-24(28-23)27-20-11-13-22(14-12-20)29-21-9-3-2-4-10-21/h2-16H,17H2,1H3,(H2,25,26,27,28). The predicted octanol–water partition coefficient (Wildman–Crippen LogP) is 5.93. The molecule has 144 valence electrons. The van der Waals surface area contributed by atoms with E-state index in [1.54, 1.807) is 6.20 Å². The van der Waals surface area contributed by atoms with Crippen LogP contribution in [-0.4, -0.2) is 9.97 Å². The minimum atomic E-state index is 0.538. The van der Waals surface area contributed by atoms with E-state index in [1.807, 2.05) is 72.8 Å². The van der Waals surface area contributed by atoms with Crippen LogP contribution in [0.15, 0.2) is 91.1 Å². The number of benzene rings is 3. The van der Waals surface area contributed by atoms with Gasteiger partial charge in [-0.15, -0.1) is 0 Å². The molecule has 0 saturated carbocycles. The number of para-hydroxylation sites is 1. The molecule has 5 nitrogen and oxygen atoms in total. The fourth-order valence-electron chi connectivity index (χ4n) is 2.87. The van der Waals surface area contributed by atoms with E-state index in [-0.39, 0.29) is 0 Å². The van der Waals surface area contributed by atoms with Gasteiger partial charge in [-0.2, -0.15) is 4.98 Å². The lowest BCUT2D eigenvalue weighted by molar-refractivity contribution is 0.483. The van der Waals surface area contributed by atoms with Crippen molar-refractivity contribution < 1.29 is 4.74 Å². The Bertz CT molecular complexity index is 1070.